The Hall–Kier alpha value is -2.57. The molecule has 1 amide bonds. The zero-order valence-electron chi connectivity index (χ0n) is 13.2. The number of nitrogens with zero attached hydrogens (tertiary/aromatic N) is 1. The molecule has 128 valence electrons. The number of halogens is 3. The van der Waals surface area contributed by atoms with Crippen LogP contribution < -0.4 is 10.9 Å². The van der Waals surface area contributed by atoms with Gasteiger partial charge < -0.3 is 9.88 Å². The smallest absolute Gasteiger partial charge is 0.344 e. The van der Waals surface area contributed by atoms with Gasteiger partial charge in [-0.1, -0.05) is 30.4 Å². The molecule has 7 heteroatoms. The van der Waals surface area contributed by atoms with E-state index >= 15 is 0 Å². The molecule has 0 aliphatic heterocycles. The fraction of sp³-hybridized carbons (Fsp3) is 0.294. The summed E-state index contributed by atoms with van der Waals surface area (Å²) in [6.07, 6.45) is 4.85. The highest BCUT2D eigenvalue weighted by atomic mass is 19.4. The van der Waals surface area contributed by atoms with E-state index in [1.165, 1.54) is 6.92 Å². The van der Waals surface area contributed by atoms with Crippen molar-refractivity contribution in [2.24, 2.45) is 0 Å². The lowest BCUT2D eigenvalue weighted by atomic mass is 10.0. The molecule has 0 aromatic carbocycles. The fourth-order valence-electron chi connectivity index (χ4n) is 2.35. The molecule has 1 aliphatic carbocycles. The standard InChI is InChI=1S/C17H17F3N2O2/c1-12(23)21-16(2)8-3-4-13(7-9-16)10-22-11-14(17(18,19)20)5-6-15(22)24/h3-9,11H,10H2,1-2H3,(H,21,23). The van der Waals surface area contributed by atoms with Crippen molar-refractivity contribution in [1.82, 2.24) is 9.88 Å². The first kappa shape index (κ1) is 17.8. The van der Waals surface area contributed by atoms with E-state index in [9.17, 15) is 22.8 Å². The van der Waals surface area contributed by atoms with Gasteiger partial charge in [0.2, 0.25) is 5.91 Å². The van der Waals surface area contributed by atoms with Crippen molar-refractivity contribution in [2.45, 2.75) is 32.1 Å². The Bertz CT molecular complexity index is 788. The van der Waals surface area contributed by atoms with Gasteiger partial charge in [0.05, 0.1) is 17.6 Å². The maximum atomic E-state index is 12.8. The molecule has 0 saturated heterocycles. The van der Waals surface area contributed by atoms with Crippen LogP contribution in [0.2, 0.25) is 0 Å². The number of aromatic nitrogens is 1. The van der Waals surface area contributed by atoms with Gasteiger partial charge in [-0.05, 0) is 18.6 Å². The molecule has 2 rings (SSSR count). The summed E-state index contributed by atoms with van der Waals surface area (Å²) in [6.45, 7) is 3.18. The normalized spacial score (nSPS) is 20.5. The highest BCUT2D eigenvalue weighted by molar-refractivity contribution is 5.74. The van der Waals surface area contributed by atoms with Crippen LogP contribution in [0.1, 0.15) is 19.4 Å². The zero-order chi connectivity index (χ0) is 18.0. The molecule has 0 bridgehead atoms. The van der Waals surface area contributed by atoms with Gasteiger partial charge in [-0.25, -0.2) is 0 Å². The lowest BCUT2D eigenvalue weighted by Crippen LogP contribution is -2.41. The number of amides is 1. The molecule has 1 unspecified atom stereocenters. The average molecular weight is 338 g/mol. The van der Waals surface area contributed by atoms with Gasteiger partial charge in [-0.15, -0.1) is 0 Å². The van der Waals surface area contributed by atoms with E-state index in [0.29, 0.717) is 5.57 Å². The first-order valence-electron chi connectivity index (χ1n) is 7.23. The molecule has 0 saturated carbocycles. The molecule has 0 radical (unpaired) electrons. The van der Waals surface area contributed by atoms with Gasteiger partial charge in [0.15, 0.2) is 0 Å². The van der Waals surface area contributed by atoms with Crippen LogP contribution in [0.3, 0.4) is 0 Å². The third kappa shape index (κ3) is 4.47. The van der Waals surface area contributed by atoms with Crippen molar-refractivity contribution in [3.05, 3.63) is 70.2 Å². The SMILES string of the molecule is CC(=O)NC1(C)C=CC=C(Cn2cc(C(F)(F)F)ccc2=O)C=C1. The van der Waals surface area contributed by atoms with Crippen molar-refractivity contribution in [2.75, 3.05) is 0 Å². The van der Waals surface area contributed by atoms with Crippen LogP contribution in [-0.2, 0) is 17.5 Å². The van der Waals surface area contributed by atoms with E-state index in [4.69, 9.17) is 0 Å². The Kier molecular flexibility index (Phi) is 4.82. The summed E-state index contributed by atoms with van der Waals surface area (Å²) in [6, 6.07) is 1.67. The van der Waals surface area contributed by atoms with Crippen LogP contribution in [0.25, 0.3) is 0 Å². The molecule has 4 nitrogen and oxygen atoms in total. The number of carbonyl (C=O) groups excluding carboxylic acids is 1. The quantitative estimate of drug-likeness (QED) is 0.921. The Morgan fingerprint density at radius 1 is 1.29 bits per heavy atom. The molecule has 0 fully saturated rings. The van der Waals surface area contributed by atoms with Crippen LogP contribution >= 0.6 is 0 Å². The second-order valence-electron chi connectivity index (χ2n) is 5.78. The molecule has 24 heavy (non-hydrogen) atoms. The Labute approximate surface area is 137 Å². The number of allylic oxidation sites excluding steroid dienone is 4. The highest BCUT2D eigenvalue weighted by Gasteiger charge is 2.31. The van der Waals surface area contributed by atoms with E-state index < -0.39 is 22.8 Å². The topological polar surface area (TPSA) is 51.1 Å². The predicted octanol–water partition coefficient (Wildman–Crippen LogP) is 2.81. The van der Waals surface area contributed by atoms with Gasteiger partial charge in [0, 0.05) is 19.2 Å². The monoisotopic (exact) mass is 338 g/mol. The summed E-state index contributed by atoms with van der Waals surface area (Å²) < 4.78 is 39.3. The van der Waals surface area contributed by atoms with Crippen LogP contribution in [0.15, 0.2) is 59.1 Å². The maximum absolute atomic E-state index is 12.8. The summed E-state index contributed by atoms with van der Waals surface area (Å²) in [5.74, 6) is -0.204. The Balaban J connectivity index is 2.25. The Morgan fingerprint density at radius 2 is 2.00 bits per heavy atom. The molecule has 1 aliphatic rings. The second kappa shape index (κ2) is 6.51. The minimum Gasteiger partial charge on any atom is -0.344 e. The van der Waals surface area contributed by atoms with E-state index in [-0.39, 0.29) is 12.5 Å². The molecular formula is C17H17F3N2O2. The first-order valence-corrected chi connectivity index (χ1v) is 7.23. The maximum Gasteiger partial charge on any atom is 0.417 e. The predicted molar refractivity (Wildman–Crippen MR) is 84.3 cm³/mol. The van der Waals surface area contributed by atoms with E-state index in [2.05, 4.69) is 5.32 Å². The van der Waals surface area contributed by atoms with Crippen molar-refractivity contribution in [1.29, 1.82) is 0 Å². The van der Waals surface area contributed by atoms with E-state index in [0.717, 1.165) is 22.9 Å². The number of alkyl halides is 3. The van der Waals surface area contributed by atoms with E-state index in [1.807, 2.05) is 0 Å². The van der Waals surface area contributed by atoms with Gasteiger partial charge in [0.1, 0.15) is 0 Å². The number of nitrogens with one attached hydrogen (secondary N) is 1. The summed E-state index contributed by atoms with van der Waals surface area (Å²) in [5, 5.41) is 2.76. The van der Waals surface area contributed by atoms with Crippen molar-refractivity contribution < 1.29 is 18.0 Å². The highest BCUT2D eigenvalue weighted by Crippen LogP contribution is 2.28. The largest absolute Gasteiger partial charge is 0.417 e. The Morgan fingerprint density at radius 3 is 2.62 bits per heavy atom. The summed E-state index contributed by atoms with van der Waals surface area (Å²) >= 11 is 0. The van der Waals surface area contributed by atoms with Crippen molar-refractivity contribution >= 4 is 5.91 Å². The number of rotatable bonds is 3. The van der Waals surface area contributed by atoms with Gasteiger partial charge in [0.25, 0.3) is 5.56 Å². The molecule has 1 heterocycles. The van der Waals surface area contributed by atoms with E-state index in [1.54, 1.807) is 37.3 Å². The third-order valence-electron chi connectivity index (χ3n) is 3.51. The zero-order valence-corrected chi connectivity index (χ0v) is 13.2. The van der Waals surface area contributed by atoms with Crippen molar-refractivity contribution in [3.63, 3.8) is 0 Å². The lowest BCUT2D eigenvalue weighted by Gasteiger charge is -2.22. The number of carbonyl (C=O) groups is 1. The lowest BCUT2D eigenvalue weighted by molar-refractivity contribution is -0.138. The number of pyridine rings is 1. The molecule has 1 N–H and O–H groups in total. The third-order valence-corrected chi connectivity index (χ3v) is 3.51. The fourth-order valence-corrected chi connectivity index (χ4v) is 2.35. The molecule has 0 spiro atoms. The molecule has 1 aromatic rings. The average Bonchev–Trinajstić information content (AvgIpc) is 2.61. The molecular weight excluding hydrogens is 321 g/mol. The van der Waals surface area contributed by atoms with Gasteiger partial charge in [-0.3, -0.25) is 9.59 Å². The minimum absolute atomic E-state index is 0.000253. The summed E-state index contributed by atoms with van der Waals surface area (Å²) in [7, 11) is 0. The summed E-state index contributed by atoms with van der Waals surface area (Å²) in [5.41, 5.74) is -1.45. The van der Waals surface area contributed by atoms with Crippen molar-refractivity contribution in [3.8, 4) is 0 Å². The first-order chi connectivity index (χ1) is 11.1. The minimum atomic E-state index is -4.51. The van der Waals surface area contributed by atoms with Gasteiger partial charge >= 0.3 is 6.18 Å². The van der Waals surface area contributed by atoms with Crippen LogP contribution in [0.4, 0.5) is 13.2 Å². The van der Waals surface area contributed by atoms with Gasteiger partial charge in [-0.2, -0.15) is 13.2 Å². The van der Waals surface area contributed by atoms with Crippen LogP contribution in [0, 0.1) is 0 Å². The second-order valence-corrected chi connectivity index (χ2v) is 5.78. The number of hydrogen-bond donors (Lipinski definition) is 1. The number of hydrogen-bond acceptors (Lipinski definition) is 2. The molecule has 1 aromatic heterocycles. The molecule has 1 atom stereocenters. The van der Waals surface area contributed by atoms with Crippen LogP contribution in [0.5, 0.6) is 0 Å². The summed E-state index contributed by atoms with van der Waals surface area (Å²) in [4.78, 5) is 23.0. The van der Waals surface area contributed by atoms with Crippen LogP contribution in [-0.4, -0.2) is 16.0 Å².